The Kier molecular flexibility index (Phi) is 6.07. The molecule has 172 valence electrons. The summed E-state index contributed by atoms with van der Waals surface area (Å²) in [6, 6.07) is 17.7. The lowest BCUT2D eigenvalue weighted by molar-refractivity contribution is -0.150. The van der Waals surface area contributed by atoms with Crippen LogP contribution in [0.3, 0.4) is 0 Å². The summed E-state index contributed by atoms with van der Waals surface area (Å²) in [5, 5.41) is 24.3. The van der Waals surface area contributed by atoms with Crippen LogP contribution >= 0.6 is 23.5 Å². The number of nitrogens with zero attached hydrogens (tertiary/aromatic N) is 5. The molecule has 1 aromatic heterocycles. The number of para-hydroxylation sites is 1. The Morgan fingerprint density at radius 3 is 2.53 bits per heavy atom. The highest BCUT2D eigenvalue weighted by Gasteiger charge is 2.54. The van der Waals surface area contributed by atoms with Crippen molar-refractivity contribution in [2.75, 3.05) is 5.75 Å². The van der Waals surface area contributed by atoms with E-state index in [4.69, 9.17) is 0 Å². The molecule has 2 amide bonds. The van der Waals surface area contributed by atoms with Gasteiger partial charge in [-0.25, -0.2) is 4.79 Å². The van der Waals surface area contributed by atoms with Crippen LogP contribution < -0.4 is 5.32 Å². The van der Waals surface area contributed by atoms with Crippen molar-refractivity contribution in [2.45, 2.75) is 23.0 Å². The molecule has 0 bridgehead atoms. The van der Waals surface area contributed by atoms with E-state index in [0.29, 0.717) is 15.8 Å². The maximum atomic E-state index is 12.9. The minimum atomic E-state index is -1.21. The molecule has 2 N–H and O–H groups in total. The molecular weight excluding hydrogens is 476 g/mol. The minimum absolute atomic E-state index is 0.102. The number of carboxylic acids is 1. The highest BCUT2D eigenvalue weighted by molar-refractivity contribution is 8.06. The van der Waals surface area contributed by atoms with Gasteiger partial charge in [-0.2, -0.15) is 4.68 Å². The smallest absolute Gasteiger partial charge is 0.353 e. The summed E-state index contributed by atoms with van der Waals surface area (Å²) in [6.45, 7) is 0. The number of tetrazole rings is 1. The summed E-state index contributed by atoms with van der Waals surface area (Å²) in [5.41, 5.74) is 1.46. The molecule has 0 spiro atoms. The zero-order chi connectivity index (χ0) is 23.7. The van der Waals surface area contributed by atoms with E-state index in [2.05, 4.69) is 20.8 Å². The van der Waals surface area contributed by atoms with E-state index in [-0.39, 0.29) is 18.0 Å². The summed E-state index contributed by atoms with van der Waals surface area (Å²) < 4.78 is 1.51. The van der Waals surface area contributed by atoms with Gasteiger partial charge in [0.1, 0.15) is 17.1 Å². The molecule has 3 heterocycles. The van der Waals surface area contributed by atoms with Gasteiger partial charge in [0.15, 0.2) is 0 Å². The second-order valence-electron chi connectivity index (χ2n) is 7.51. The first kappa shape index (κ1) is 22.2. The van der Waals surface area contributed by atoms with Crippen molar-refractivity contribution in [2.24, 2.45) is 0 Å². The molecule has 2 aliphatic heterocycles. The second-order valence-corrected chi connectivity index (χ2v) is 9.67. The second kappa shape index (κ2) is 9.31. The number of carboxylic acid groups (broad SMARTS) is 1. The van der Waals surface area contributed by atoms with Crippen LogP contribution in [0.2, 0.25) is 0 Å². The Morgan fingerprint density at radius 2 is 1.82 bits per heavy atom. The molecule has 0 unspecified atom stereocenters. The van der Waals surface area contributed by atoms with E-state index >= 15 is 0 Å². The van der Waals surface area contributed by atoms with Gasteiger partial charge in [-0.1, -0.05) is 48.5 Å². The van der Waals surface area contributed by atoms with E-state index in [1.807, 2.05) is 60.7 Å². The van der Waals surface area contributed by atoms with Crippen LogP contribution in [-0.4, -0.2) is 65.2 Å². The van der Waals surface area contributed by atoms with Crippen LogP contribution in [0, 0.1) is 0 Å². The number of fused-ring (bicyclic) bond motifs is 1. The SMILES string of the molecule is O=C(Cc1ccccc1)N[C@@H]1C(=O)N2C(C(=O)O)=C(Sc3nnnn3-c3ccccc3)CS[C@H]12. The number of aliphatic carboxylic acids is 1. The molecule has 10 nitrogen and oxygen atoms in total. The number of nitrogens with one attached hydrogen (secondary N) is 1. The third-order valence-electron chi connectivity index (χ3n) is 5.32. The molecule has 5 rings (SSSR count). The van der Waals surface area contributed by atoms with E-state index in [9.17, 15) is 19.5 Å². The van der Waals surface area contributed by atoms with E-state index in [1.165, 1.54) is 21.3 Å². The highest BCUT2D eigenvalue weighted by Crippen LogP contribution is 2.44. The lowest BCUT2D eigenvalue weighted by Crippen LogP contribution is -2.70. The zero-order valence-corrected chi connectivity index (χ0v) is 19.2. The molecule has 2 aromatic carbocycles. The summed E-state index contributed by atoms with van der Waals surface area (Å²) in [6.07, 6.45) is 0.146. The molecule has 34 heavy (non-hydrogen) atoms. The number of rotatable bonds is 7. The quantitative estimate of drug-likeness (QED) is 0.471. The third-order valence-corrected chi connectivity index (χ3v) is 7.80. The lowest BCUT2D eigenvalue weighted by atomic mass is 10.0. The maximum Gasteiger partial charge on any atom is 0.353 e. The molecular formula is C22H18N6O4S2. The van der Waals surface area contributed by atoms with Crippen LogP contribution in [0.25, 0.3) is 5.69 Å². The number of amides is 2. The van der Waals surface area contributed by atoms with Gasteiger partial charge in [0.2, 0.25) is 11.1 Å². The van der Waals surface area contributed by atoms with Crippen LogP contribution in [-0.2, 0) is 20.8 Å². The number of aromatic nitrogens is 4. The molecule has 0 saturated carbocycles. The van der Waals surface area contributed by atoms with Gasteiger partial charge in [-0.05, 0) is 39.9 Å². The van der Waals surface area contributed by atoms with Crippen molar-refractivity contribution in [3.63, 3.8) is 0 Å². The number of hydrogen-bond acceptors (Lipinski definition) is 8. The number of carbonyl (C=O) groups excluding carboxylic acids is 2. The Bertz CT molecular complexity index is 1280. The third kappa shape index (κ3) is 4.17. The lowest BCUT2D eigenvalue weighted by Gasteiger charge is -2.49. The fourth-order valence-electron chi connectivity index (χ4n) is 3.76. The summed E-state index contributed by atoms with van der Waals surface area (Å²) >= 11 is 2.51. The molecule has 3 aromatic rings. The molecule has 1 saturated heterocycles. The Balaban J connectivity index is 1.34. The normalized spacial score (nSPS) is 19.4. The molecule has 0 aliphatic carbocycles. The first-order chi connectivity index (χ1) is 16.5. The predicted molar refractivity (Wildman–Crippen MR) is 125 cm³/mol. The van der Waals surface area contributed by atoms with Crippen molar-refractivity contribution in [3.8, 4) is 5.69 Å². The van der Waals surface area contributed by atoms with Gasteiger partial charge in [0.25, 0.3) is 5.91 Å². The number of carbonyl (C=O) groups is 3. The van der Waals surface area contributed by atoms with Crippen molar-refractivity contribution in [1.29, 1.82) is 0 Å². The van der Waals surface area contributed by atoms with Gasteiger partial charge >= 0.3 is 5.97 Å². The van der Waals surface area contributed by atoms with Crippen LogP contribution in [0.4, 0.5) is 0 Å². The van der Waals surface area contributed by atoms with Crippen molar-refractivity contribution in [3.05, 3.63) is 76.8 Å². The molecule has 12 heteroatoms. The summed E-state index contributed by atoms with van der Waals surface area (Å²) in [4.78, 5) is 39.2. The monoisotopic (exact) mass is 494 g/mol. The number of benzene rings is 2. The molecule has 2 aliphatic rings. The highest BCUT2D eigenvalue weighted by atomic mass is 32.2. The average molecular weight is 495 g/mol. The molecule has 2 atom stereocenters. The Labute approximate surface area is 202 Å². The first-order valence-electron chi connectivity index (χ1n) is 10.3. The number of thioether (sulfide) groups is 2. The summed E-state index contributed by atoms with van der Waals surface area (Å²) in [7, 11) is 0. The number of β-lactam (4-membered cyclic amide) rings is 1. The van der Waals surface area contributed by atoms with Crippen LogP contribution in [0.1, 0.15) is 5.56 Å². The Hall–Kier alpha value is -3.64. The van der Waals surface area contributed by atoms with Gasteiger partial charge in [0, 0.05) is 10.7 Å². The van der Waals surface area contributed by atoms with Gasteiger partial charge in [-0.15, -0.1) is 16.9 Å². The van der Waals surface area contributed by atoms with Gasteiger partial charge in [0.05, 0.1) is 12.1 Å². The standard InChI is InChI=1S/C22H18N6O4S2/c29-16(11-13-7-3-1-4-8-13)23-17-19(30)27-18(21(31)32)15(12-33-20(17)27)34-22-24-25-26-28(22)14-9-5-2-6-10-14/h1-10,17,20H,11-12H2,(H,23,29)(H,31,32)/t17-,20-/m1/s1. The van der Waals surface area contributed by atoms with E-state index in [0.717, 1.165) is 23.0 Å². The van der Waals surface area contributed by atoms with Crippen molar-refractivity contribution in [1.82, 2.24) is 30.4 Å². The van der Waals surface area contributed by atoms with Gasteiger partial charge < -0.3 is 10.4 Å². The predicted octanol–water partition coefficient (Wildman–Crippen LogP) is 1.69. The maximum absolute atomic E-state index is 12.9. The van der Waals surface area contributed by atoms with E-state index < -0.39 is 23.3 Å². The first-order valence-corrected chi connectivity index (χ1v) is 12.2. The van der Waals surface area contributed by atoms with Crippen molar-refractivity contribution < 1.29 is 19.5 Å². The fourth-order valence-corrected chi connectivity index (χ4v) is 6.20. The topological polar surface area (TPSA) is 130 Å². The fraction of sp³-hybridized carbons (Fsp3) is 0.182. The van der Waals surface area contributed by atoms with Crippen LogP contribution in [0.15, 0.2) is 76.4 Å². The minimum Gasteiger partial charge on any atom is -0.477 e. The Morgan fingerprint density at radius 1 is 1.12 bits per heavy atom. The largest absolute Gasteiger partial charge is 0.477 e. The summed E-state index contributed by atoms with van der Waals surface area (Å²) in [5.74, 6) is -1.61. The molecule has 1 fully saturated rings. The van der Waals surface area contributed by atoms with E-state index in [1.54, 1.807) is 0 Å². The van der Waals surface area contributed by atoms with Gasteiger partial charge in [-0.3, -0.25) is 14.5 Å². The zero-order valence-electron chi connectivity index (χ0n) is 17.6. The van der Waals surface area contributed by atoms with Crippen molar-refractivity contribution >= 4 is 41.3 Å². The van der Waals surface area contributed by atoms with Crippen LogP contribution in [0.5, 0.6) is 0 Å². The number of hydrogen-bond donors (Lipinski definition) is 2. The molecule has 0 radical (unpaired) electrons. The average Bonchev–Trinajstić information content (AvgIpc) is 3.31.